The van der Waals surface area contributed by atoms with Gasteiger partial charge in [0.05, 0.1) is 12.0 Å². The Balaban J connectivity index is 1.50. The Hall–Kier alpha value is -3.50. The van der Waals surface area contributed by atoms with Gasteiger partial charge in [-0.3, -0.25) is 4.68 Å². The van der Waals surface area contributed by atoms with E-state index in [0.29, 0.717) is 30.3 Å². The van der Waals surface area contributed by atoms with Gasteiger partial charge in [0.25, 0.3) is 5.89 Å². The lowest BCUT2D eigenvalue weighted by Gasteiger charge is -2.26. The van der Waals surface area contributed by atoms with E-state index in [2.05, 4.69) is 15.3 Å². The number of hydrogen-bond donors (Lipinski definition) is 0. The molecule has 9 nitrogen and oxygen atoms in total. The van der Waals surface area contributed by atoms with Crippen LogP contribution in [0, 0.1) is 0 Å². The highest BCUT2D eigenvalue weighted by Crippen LogP contribution is 2.33. The van der Waals surface area contributed by atoms with E-state index in [1.165, 1.54) is 17.5 Å². The third-order valence-electron chi connectivity index (χ3n) is 5.53. The van der Waals surface area contributed by atoms with Crippen LogP contribution >= 0.6 is 0 Å². The van der Waals surface area contributed by atoms with Crippen molar-refractivity contribution in [3.05, 3.63) is 65.9 Å². The highest BCUT2D eigenvalue weighted by Gasteiger charge is 2.33. The molecule has 0 atom stereocenters. The number of methoxy groups -OCH3 is 1. The zero-order valence-corrected chi connectivity index (χ0v) is 18.4. The van der Waals surface area contributed by atoms with E-state index in [4.69, 9.17) is 9.15 Å². The first-order valence-corrected chi connectivity index (χ1v) is 11.5. The van der Waals surface area contributed by atoms with Gasteiger partial charge in [-0.25, -0.2) is 8.42 Å². The first kappa shape index (κ1) is 20.4. The molecule has 4 aromatic rings. The summed E-state index contributed by atoms with van der Waals surface area (Å²) >= 11 is 0. The second-order valence-corrected chi connectivity index (χ2v) is 9.38. The van der Waals surface area contributed by atoms with Gasteiger partial charge in [-0.2, -0.15) is 9.40 Å². The summed E-state index contributed by atoms with van der Waals surface area (Å²) in [5, 5.41) is 12.9. The molecule has 0 saturated heterocycles. The first-order valence-electron chi connectivity index (χ1n) is 10.1. The summed E-state index contributed by atoms with van der Waals surface area (Å²) in [5.41, 5.74) is 3.03. The molecule has 5 rings (SSSR count). The second-order valence-electron chi connectivity index (χ2n) is 7.44. The molecule has 0 bridgehead atoms. The van der Waals surface area contributed by atoms with Crippen LogP contribution in [0.5, 0.6) is 5.75 Å². The van der Waals surface area contributed by atoms with Crippen molar-refractivity contribution in [2.45, 2.75) is 17.9 Å². The predicted octanol–water partition coefficient (Wildman–Crippen LogP) is 2.89. The average molecular weight is 452 g/mol. The number of fused-ring (bicyclic) bond motifs is 1. The molecular weight excluding hydrogens is 430 g/mol. The number of benzene rings is 2. The van der Waals surface area contributed by atoms with E-state index < -0.39 is 10.0 Å². The van der Waals surface area contributed by atoms with E-state index >= 15 is 0 Å². The molecule has 0 spiro atoms. The molecule has 0 saturated carbocycles. The standard InChI is InChI=1S/C22H21N5O4S/c1-26-19-11-12-27(32(28,29)17-10-6-9-16(13-17)30-2)14-18(19)20(25-26)22-24-23-21(31-22)15-7-4-3-5-8-15/h3-10,13H,11-12,14H2,1-2H3. The fourth-order valence-corrected chi connectivity index (χ4v) is 5.32. The fraction of sp³-hybridized carbons (Fsp3) is 0.227. The Labute approximate surface area is 185 Å². The quantitative estimate of drug-likeness (QED) is 0.460. The first-order chi connectivity index (χ1) is 15.5. The third-order valence-corrected chi connectivity index (χ3v) is 7.38. The van der Waals surface area contributed by atoms with Crippen molar-refractivity contribution in [2.24, 2.45) is 7.05 Å². The van der Waals surface area contributed by atoms with Crippen LogP contribution in [0.4, 0.5) is 0 Å². The van der Waals surface area contributed by atoms with Gasteiger partial charge in [-0.15, -0.1) is 10.2 Å². The van der Waals surface area contributed by atoms with Crippen molar-refractivity contribution in [1.82, 2.24) is 24.3 Å². The maximum Gasteiger partial charge on any atom is 0.268 e. The summed E-state index contributed by atoms with van der Waals surface area (Å²) < 4.78 is 40.9. The molecule has 1 aliphatic heterocycles. The lowest BCUT2D eigenvalue weighted by atomic mass is 10.1. The lowest BCUT2D eigenvalue weighted by molar-refractivity contribution is 0.384. The molecule has 32 heavy (non-hydrogen) atoms. The van der Waals surface area contributed by atoms with Gasteiger partial charge in [-0.1, -0.05) is 24.3 Å². The van der Waals surface area contributed by atoms with Crippen LogP contribution < -0.4 is 4.74 Å². The largest absolute Gasteiger partial charge is 0.497 e. The van der Waals surface area contributed by atoms with Crippen molar-refractivity contribution in [3.8, 4) is 28.8 Å². The van der Waals surface area contributed by atoms with Gasteiger partial charge < -0.3 is 9.15 Å². The number of sulfonamides is 1. The van der Waals surface area contributed by atoms with Crippen LogP contribution in [-0.2, 0) is 30.0 Å². The van der Waals surface area contributed by atoms with Crippen molar-refractivity contribution in [2.75, 3.05) is 13.7 Å². The zero-order chi connectivity index (χ0) is 22.3. The topological polar surface area (TPSA) is 103 Å². The number of aryl methyl sites for hydroxylation is 1. The molecule has 0 radical (unpaired) electrons. The van der Waals surface area contributed by atoms with Crippen LogP contribution in [0.3, 0.4) is 0 Å². The summed E-state index contributed by atoms with van der Waals surface area (Å²) in [5.74, 6) is 1.14. The maximum absolute atomic E-state index is 13.3. The Morgan fingerprint density at radius 2 is 1.81 bits per heavy atom. The maximum atomic E-state index is 13.3. The fourth-order valence-electron chi connectivity index (χ4n) is 3.87. The Bertz CT molecular complexity index is 1380. The van der Waals surface area contributed by atoms with E-state index in [9.17, 15) is 8.42 Å². The van der Waals surface area contributed by atoms with Crippen molar-refractivity contribution < 1.29 is 17.6 Å². The minimum atomic E-state index is -3.72. The summed E-state index contributed by atoms with van der Waals surface area (Å²) in [6.45, 7) is 0.520. The molecule has 0 fully saturated rings. The molecule has 0 N–H and O–H groups in total. The van der Waals surface area contributed by atoms with Crippen LogP contribution in [0.1, 0.15) is 11.3 Å². The van der Waals surface area contributed by atoms with E-state index in [-0.39, 0.29) is 17.3 Å². The summed E-state index contributed by atoms with van der Waals surface area (Å²) in [6, 6.07) is 15.9. The van der Waals surface area contributed by atoms with Crippen LogP contribution in [0.25, 0.3) is 23.0 Å². The van der Waals surface area contributed by atoms with Crippen LogP contribution in [-0.4, -0.2) is 46.4 Å². The smallest absolute Gasteiger partial charge is 0.268 e. The number of aromatic nitrogens is 4. The Morgan fingerprint density at radius 3 is 2.59 bits per heavy atom. The summed E-state index contributed by atoms with van der Waals surface area (Å²) in [4.78, 5) is 0.190. The summed E-state index contributed by atoms with van der Waals surface area (Å²) in [6.07, 6.45) is 0.529. The van der Waals surface area contributed by atoms with E-state index in [1.54, 1.807) is 22.9 Å². The van der Waals surface area contributed by atoms with Crippen LogP contribution in [0.2, 0.25) is 0 Å². The molecule has 2 aromatic carbocycles. The van der Waals surface area contributed by atoms with E-state index in [1.807, 2.05) is 37.4 Å². The number of nitrogens with zero attached hydrogens (tertiary/aromatic N) is 5. The normalized spacial score (nSPS) is 14.3. The number of rotatable bonds is 5. The van der Waals surface area contributed by atoms with Crippen molar-refractivity contribution >= 4 is 10.0 Å². The van der Waals surface area contributed by atoms with Crippen LogP contribution in [0.15, 0.2) is 63.9 Å². The second kappa shape index (κ2) is 7.88. The predicted molar refractivity (Wildman–Crippen MR) is 116 cm³/mol. The van der Waals surface area contributed by atoms with Gasteiger partial charge >= 0.3 is 0 Å². The molecule has 1 aliphatic rings. The summed E-state index contributed by atoms with van der Waals surface area (Å²) in [7, 11) is -0.370. The molecule has 3 heterocycles. The van der Waals surface area contributed by atoms with Gasteiger partial charge in [0, 0.05) is 49.4 Å². The van der Waals surface area contributed by atoms with Gasteiger partial charge in [-0.05, 0) is 24.3 Å². The Kier molecular flexibility index (Phi) is 5.03. The number of ether oxygens (including phenoxy) is 1. The van der Waals surface area contributed by atoms with Gasteiger partial charge in [0.2, 0.25) is 15.9 Å². The SMILES string of the molecule is COc1cccc(S(=O)(=O)N2CCc3c(c(-c4nnc(-c5ccccc5)o4)nn3C)C2)c1. The van der Waals surface area contributed by atoms with Gasteiger partial charge in [0.1, 0.15) is 5.75 Å². The average Bonchev–Trinajstić information content (AvgIpc) is 3.44. The molecule has 10 heteroatoms. The minimum Gasteiger partial charge on any atom is -0.497 e. The molecule has 2 aromatic heterocycles. The van der Waals surface area contributed by atoms with E-state index in [0.717, 1.165) is 16.8 Å². The zero-order valence-electron chi connectivity index (χ0n) is 17.6. The minimum absolute atomic E-state index is 0.168. The monoisotopic (exact) mass is 451 g/mol. The highest BCUT2D eigenvalue weighted by atomic mass is 32.2. The lowest BCUT2D eigenvalue weighted by Crippen LogP contribution is -2.36. The molecule has 0 aliphatic carbocycles. The van der Waals surface area contributed by atoms with Crippen molar-refractivity contribution in [1.29, 1.82) is 0 Å². The third kappa shape index (κ3) is 3.47. The molecule has 0 amide bonds. The van der Waals surface area contributed by atoms with Crippen molar-refractivity contribution in [3.63, 3.8) is 0 Å². The molecule has 0 unspecified atom stereocenters. The highest BCUT2D eigenvalue weighted by molar-refractivity contribution is 7.89. The Morgan fingerprint density at radius 1 is 1.03 bits per heavy atom. The number of hydrogen-bond acceptors (Lipinski definition) is 7. The van der Waals surface area contributed by atoms with Gasteiger partial charge in [0.15, 0.2) is 5.69 Å². The molecular formula is C22H21N5O4S. The molecule has 164 valence electrons.